The summed E-state index contributed by atoms with van der Waals surface area (Å²) in [6.45, 7) is 4.29. The second-order valence-electron chi connectivity index (χ2n) is 15.7. The van der Waals surface area contributed by atoms with Crippen molar-refractivity contribution >= 4 is 23.1 Å². The average molecular weight is 755 g/mol. The van der Waals surface area contributed by atoms with Crippen molar-refractivity contribution in [3.05, 3.63) is 211 Å². The molecule has 0 aliphatic carbocycles. The lowest BCUT2D eigenvalue weighted by molar-refractivity contribution is 0.465. The van der Waals surface area contributed by atoms with Crippen molar-refractivity contribution in [3.8, 4) is 89.8 Å². The maximum Gasteiger partial charge on any atom is 0.260 e. The summed E-state index contributed by atoms with van der Waals surface area (Å²) in [5, 5.41) is 0. The van der Waals surface area contributed by atoms with Crippen molar-refractivity contribution in [2.24, 2.45) is 0 Å². The van der Waals surface area contributed by atoms with Gasteiger partial charge in [0.1, 0.15) is 23.0 Å². The molecule has 0 aromatic heterocycles. The van der Waals surface area contributed by atoms with Gasteiger partial charge < -0.3 is 9.47 Å². The number of ether oxygens (including phenoxy) is 2. The van der Waals surface area contributed by atoms with Gasteiger partial charge in [0.2, 0.25) is 0 Å². The van der Waals surface area contributed by atoms with Crippen molar-refractivity contribution < 1.29 is 9.47 Å². The second kappa shape index (κ2) is 14.2. The summed E-state index contributed by atoms with van der Waals surface area (Å²) in [5.74, 6) is 3.41. The molecule has 0 spiro atoms. The molecule has 2 heterocycles. The molecule has 2 aliphatic rings. The predicted molar refractivity (Wildman–Crippen MR) is 246 cm³/mol. The summed E-state index contributed by atoms with van der Waals surface area (Å²) in [4.78, 5) is 0. The van der Waals surface area contributed by atoms with E-state index in [0.717, 1.165) is 67.2 Å². The topological polar surface area (TPSA) is 18.5 Å². The molecule has 0 atom stereocenters. The summed E-state index contributed by atoms with van der Waals surface area (Å²) in [7, 11) is 0. The third kappa shape index (κ3) is 6.06. The zero-order valence-corrected chi connectivity index (χ0v) is 32.9. The van der Waals surface area contributed by atoms with Gasteiger partial charge in [-0.1, -0.05) is 176 Å². The molecule has 2 nitrogen and oxygen atoms in total. The van der Waals surface area contributed by atoms with Gasteiger partial charge in [-0.05, 0) is 127 Å². The van der Waals surface area contributed by atoms with Crippen LogP contribution in [0.15, 0.2) is 200 Å². The molecule has 9 aromatic carbocycles. The standard InChI is InChI=1S/C56H39BO2/c1-36-14-9-11-20-45(36)42-28-30-49-51(32-42)58-53-34-44(35-54-56(53)57(49)50-31-29-43(33-52(50)59-54)46-21-12-10-15-37(46)2)38-24-26-41(27-25-38)55-47(39-16-5-3-6-17-39)22-13-23-48(55)40-18-7-4-8-19-40/h3-35H,1-2H3. The average Bonchev–Trinajstić information content (AvgIpc) is 3.29. The summed E-state index contributed by atoms with van der Waals surface area (Å²) < 4.78 is 13.9. The van der Waals surface area contributed by atoms with Gasteiger partial charge in [-0.25, -0.2) is 0 Å². The van der Waals surface area contributed by atoms with Gasteiger partial charge in [-0.2, -0.15) is 0 Å². The minimum absolute atomic E-state index is 0.0355. The molecule has 0 fully saturated rings. The molecule has 0 bridgehead atoms. The van der Waals surface area contributed by atoms with E-state index in [1.165, 1.54) is 50.1 Å². The first-order valence-corrected chi connectivity index (χ1v) is 20.4. The molecule has 0 saturated carbocycles. The predicted octanol–water partition coefficient (Wildman–Crippen LogP) is 13.0. The maximum absolute atomic E-state index is 6.95. The smallest absolute Gasteiger partial charge is 0.260 e. The van der Waals surface area contributed by atoms with Crippen LogP contribution in [0.4, 0.5) is 0 Å². The zero-order chi connectivity index (χ0) is 39.5. The first-order chi connectivity index (χ1) is 29.1. The minimum atomic E-state index is -0.0355. The van der Waals surface area contributed by atoms with Crippen LogP contribution in [0, 0.1) is 13.8 Å². The van der Waals surface area contributed by atoms with Gasteiger partial charge in [0.05, 0.1) is 0 Å². The van der Waals surface area contributed by atoms with E-state index in [-0.39, 0.29) is 6.71 Å². The molecule has 0 saturated heterocycles. The molecular formula is C56H39BO2. The monoisotopic (exact) mass is 754 g/mol. The lowest BCUT2D eigenvalue weighted by atomic mass is 9.34. The van der Waals surface area contributed by atoms with Crippen LogP contribution in [0.1, 0.15) is 11.1 Å². The Labute approximate surface area is 346 Å². The highest BCUT2D eigenvalue weighted by Gasteiger charge is 2.40. The normalized spacial score (nSPS) is 12.1. The van der Waals surface area contributed by atoms with E-state index in [1.807, 2.05) is 0 Å². The van der Waals surface area contributed by atoms with Crippen LogP contribution in [0.2, 0.25) is 0 Å². The van der Waals surface area contributed by atoms with Crippen LogP contribution in [-0.4, -0.2) is 6.71 Å². The van der Waals surface area contributed by atoms with E-state index in [9.17, 15) is 0 Å². The van der Waals surface area contributed by atoms with Crippen LogP contribution in [0.3, 0.4) is 0 Å². The Kier molecular flexibility index (Phi) is 8.41. The maximum atomic E-state index is 6.95. The SMILES string of the molecule is Cc1ccccc1-c1ccc2c(c1)Oc1cc(-c3ccc(-c4c(-c5ccccc5)cccc4-c4ccccc4)cc3)cc3c1B2c1ccc(-c2ccccc2C)cc1O3. The third-order valence-electron chi connectivity index (χ3n) is 12.1. The minimum Gasteiger partial charge on any atom is -0.458 e. The Balaban J connectivity index is 1.05. The molecule has 0 radical (unpaired) electrons. The lowest BCUT2D eigenvalue weighted by Crippen LogP contribution is -2.57. The highest BCUT2D eigenvalue weighted by molar-refractivity contribution is 6.98. The van der Waals surface area contributed by atoms with Crippen molar-refractivity contribution in [1.82, 2.24) is 0 Å². The van der Waals surface area contributed by atoms with Crippen LogP contribution >= 0.6 is 0 Å². The summed E-state index contributed by atoms with van der Waals surface area (Å²) in [6, 6.07) is 71.9. The molecule has 9 aromatic rings. The summed E-state index contributed by atoms with van der Waals surface area (Å²) in [6.07, 6.45) is 0. The number of hydrogen-bond donors (Lipinski definition) is 0. The van der Waals surface area contributed by atoms with Crippen molar-refractivity contribution in [2.45, 2.75) is 13.8 Å². The summed E-state index contributed by atoms with van der Waals surface area (Å²) >= 11 is 0. The van der Waals surface area contributed by atoms with Gasteiger partial charge in [-0.15, -0.1) is 0 Å². The van der Waals surface area contributed by atoms with Gasteiger partial charge in [0.25, 0.3) is 6.71 Å². The molecule has 0 unspecified atom stereocenters. The van der Waals surface area contributed by atoms with E-state index in [0.29, 0.717) is 0 Å². The number of aryl methyl sites for hydroxylation is 2. The van der Waals surface area contributed by atoms with Crippen LogP contribution in [0.5, 0.6) is 23.0 Å². The molecule has 59 heavy (non-hydrogen) atoms. The lowest BCUT2D eigenvalue weighted by Gasteiger charge is -2.34. The summed E-state index contributed by atoms with van der Waals surface area (Å²) in [5.41, 5.74) is 19.8. The fourth-order valence-electron chi connectivity index (χ4n) is 9.20. The van der Waals surface area contributed by atoms with E-state index >= 15 is 0 Å². The third-order valence-corrected chi connectivity index (χ3v) is 12.1. The van der Waals surface area contributed by atoms with E-state index in [1.54, 1.807) is 0 Å². The Morgan fingerprint density at radius 2 is 0.712 bits per heavy atom. The number of rotatable bonds is 6. The first kappa shape index (κ1) is 34.9. The molecule has 0 amide bonds. The molecule has 0 N–H and O–H groups in total. The highest BCUT2D eigenvalue weighted by Crippen LogP contribution is 2.43. The largest absolute Gasteiger partial charge is 0.458 e. The van der Waals surface area contributed by atoms with Crippen LogP contribution < -0.4 is 25.9 Å². The van der Waals surface area contributed by atoms with Crippen molar-refractivity contribution in [3.63, 3.8) is 0 Å². The molecular weight excluding hydrogens is 715 g/mol. The van der Waals surface area contributed by atoms with E-state index in [2.05, 4.69) is 214 Å². The number of fused-ring (bicyclic) bond motifs is 4. The first-order valence-electron chi connectivity index (χ1n) is 20.4. The molecule has 278 valence electrons. The van der Waals surface area contributed by atoms with Crippen LogP contribution in [-0.2, 0) is 0 Å². The van der Waals surface area contributed by atoms with Gasteiger partial charge in [0, 0.05) is 5.46 Å². The van der Waals surface area contributed by atoms with Crippen molar-refractivity contribution in [1.29, 1.82) is 0 Å². The fourth-order valence-corrected chi connectivity index (χ4v) is 9.20. The molecule has 3 heteroatoms. The molecule has 2 aliphatic heterocycles. The van der Waals surface area contributed by atoms with Crippen molar-refractivity contribution in [2.75, 3.05) is 0 Å². The van der Waals surface area contributed by atoms with E-state index < -0.39 is 0 Å². The Morgan fingerprint density at radius 1 is 0.305 bits per heavy atom. The zero-order valence-electron chi connectivity index (χ0n) is 32.9. The van der Waals surface area contributed by atoms with Crippen LogP contribution in [0.25, 0.3) is 66.8 Å². The Morgan fingerprint density at radius 3 is 1.20 bits per heavy atom. The molecule has 11 rings (SSSR count). The van der Waals surface area contributed by atoms with Gasteiger partial charge >= 0.3 is 0 Å². The number of benzene rings is 9. The van der Waals surface area contributed by atoms with Gasteiger partial charge in [0.15, 0.2) is 0 Å². The Hall–Kier alpha value is -7.36. The Bertz CT molecular complexity index is 2880. The fraction of sp³-hybridized carbons (Fsp3) is 0.0357. The number of hydrogen-bond acceptors (Lipinski definition) is 2. The van der Waals surface area contributed by atoms with Gasteiger partial charge in [-0.3, -0.25) is 0 Å². The quantitative estimate of drug-likeness (QED) is 0.157. The second-order valence-corrected chi connectivity index (χ2v) is 15.7. The van der Waals surface area contributed by atoms with E-state index in [4.69, 9.17) is 9.47 Å². The highest BCUT2D eigenvalue weighted by atomic mass is 16.5.